The molecule has 1 aliphatic carbocycles. The summed E-state index contributed by atoms with van der Waals surface area (Å²) in [5.41, 5.74) is 6.73. The van der Waals surface area contributed by atoms with Gasteiger partial charge in [0.2, 0.25) is 27.8 Å². The molecule has 38 heavy (non-hydrogen) atoms. The number of fused-ring (bicyclic) bond motifs is 1. The maximum atomic E-state index is 14.6. The first-order valence-electron chi connectivity index (χ1n) is 12.6. The number of para-hydroxylation sites is 1. The normalized spacial score (nSPS) is 21.4. The third-order valence-corrected chi connectivity index (χ3v) is 8.97. The number of imidazole rings is 1. The fourth-order valence-electron chi connectivity index (χ4n) is 5.26. The Morgan fingerprint density at radius 3 is 2.47 bits per heavy atom. The van der Waals surface area contributed by atoms with Crippen molar-refractivity contribution in [3.63, 3.8) is 0 Å². The number of carbonyl (C=O) groups excluding carboxylic acids is 1. The van der Waals surface area contributed by atoms with Crippen LogP contribution in [-0.2, 0) is 14.8 Å². The Balaban J connectivity index is 1.45. The summed E-state index contributed by atoms with van der Waals surface area (Å²) < 4.78 is 41.7. The summed E-state index contributed by atoms with van der Waals surface area (Å²) >= 11 is 6.27. The molecular weight excluding hydrogens is 535 g/mol. The van der Waals surface area contributed by atoms with Crippen molar-refractivity contribution in [2.24, 2.45) is 11.7 Å². The van der Waals surface area contributed by atoms with Gasteiger partial charge in [-0.1, -0.05) is 17.7 Å². The van der Waals surface area contributed by atoms with Gasteiger partial charge < -0.3 is 16.4 Å². The molecule has 3 aromatic rings. The number of piperidine rings is 1. The van der Waals surface area contributed by atoms with Gasteiger partial charge in [-0.15, -0.1) is 0 Å². The quantitative estimate of drug-likeness (QED) is 0.395. The lowest BCUT2D eigenvalue weighted by atomic mass is 9.85. The lowest BCUT2D eigenvalue weighted by Crippen LogP contribution is -2.42. The Bertz CT molecular complexity index is 1430. The Labute approximate surface area is 225 Å². The second-order valence-corrected chi connectivity index (χ2v) is 12.3. The van der Waals surface area contributed by atoms with E-state index < -0.39 is 15.8 Å². The summed E-state index contributed by atoms with van der Waals surface area (Å²) in [5.74, 6) is -0.211. The number of nitrogens with zero attached hydrogens (tertiary/aromatic N) is 5. The van der Waals surface area contributed by atoms with Crippen molar-refractivity contribution in [3.05, 3.63) is 35.2 Å². The molecule has 0 atom stereocenters. The fraction of sp³-hybridized carbons (Fsp3) is 0.500. The molecule has 3 heterocycles. The minimum Gasteiger partial charge on any atom is -0.369 e. The monoisotopic (exact) mass is 564 g/mol. The van der Waals surface area contributed by atoms with E-state index in [1.54, 1.807) is 12.3 Å². The molecule has 1 aromatic carbocycles. The van der Waals surface area contributed by atoms with Gasteiger partial charge in [-0.2, -0.15) is 4.98 Å². The van der Waals surface area contributed by atoms with E-state index in [9.17, 15) is 17.6 Å². The number of carbonyl (C=O) groups is 1. The van der Waals surface area contributed by atoms with E-state index in [2.05, 4.69) is 20.6 Å². The first-order chi connectivity index (χ1) is 18.1. The molecule has 0 radical (unpaired) electrons. The van der Waals surface area contributed by atoms with Crippen LogP contribution in [0.4, 0.5) is 22.0 Å². The van der Waals surface area contributed by atoms with Gasteiger partial charge in [0.15, 0.2) is 5.65 Å². The number of benzene rings is 1. The van der Waals surface area contributed by atoms with Crippen molar-refractivity contribution in [1.82, 2.24) is 23.8 Å². The summed E-state index contributed by atoms with van der Waals surface area (Å²) in [7, 11) is -3.22. The average molecular weight is 565 g/mol. The van der Waals surface area contributed by atoms with Gasteiger partial charge in [-0.25, -0.2) is 27.1 Å². The van der Waals surface area contributed by atoms with E-state index in [1.807, 2.05) is 4.57 Å². The van der Waals surface area contributed by atoms with Crippen LogP contribution in [0.3, 0.4) is 0 Å². The van der Waals surface area contributed by atoms with Crippen molar-refractivity contribution in [2.45, 2.75) is 50.6 Å². The molecule has 11 nitrogen and oxygen atoms in total. The number of amides is 1. The van der Waals surface area contributed by atoms with Crippen LogP contribution in [0.5, 0.6) is 0 Å². The van der Waals surface area contributed by atoms with E-state index >= 15 is 0 Å². The van der Waals surface area contributed by atoms with Crippen molar-refractivity contribution in [1.29, 1.82) is 0 Å². The van der Waals surface area contributed by atoms with Crippen LogP contribution in [0, 0.1) is 11.7 Å². The highest BCUT2D eigenvalue weighted by Gasteiger charge is 2.30. The molecule has 1 saturated carbocycles. The molecule has 2 fully saturated rings. The van der Waals surface area contributed by atoms with Gasteiger partial charge >= 0.3 is 0 Å². The molecule has 5 rings (SSSR count). The zero-order valence-corrected chi connectivity index (χ0v) is 22.5. The summed E-state index contributed by atoms with van der Waals surface area (Å²) in [6.45, 7) is 0.856. The molecule has 14 heteroatoms. The van der Waals surface area contributed by atoms with Crippen LogP contribution in [-0.4, -0.2) is 63.5 Å². The molecule has 1 amide bonds. The van der Waals surface area contributed by atoms with Crippen molar-refractivity contribution >= 4 is 56.3 Å². The molecule has 0 spiro atoms. The predicted molar refractivity (Wildman–Crippen MR) is 143 cm³/mol. The lowest BCUT2D eigenvalue weighted by molar-refractivity contribution is -0.122. The van der Waals surface area contributed by atoms with Gasteiger partial charge in [-0.05, 0) is 50.7 Å². The molecular formula is C24H30ClFN8O3S. The Kier molecular flexibility index (Phi) is 7.43. The lowest BCUT2D eigenvalue weighted by Gasteiger charge is -2.30. The summed E-state index contributed by atoms with van der Waals surface area (Å²) in [6.07, 6.45) is 6.70. The van der Waals surface area contributed by atoms with Crippen LogP contribution in [0.25, 0.3) is 11.2 Å². The maximum absolute atomic E-state index is 14.6. The molecule has 0 unspecified atom stereocenters. The molecule has 204 valence electrons. The Hall–Kier alpha value is -3.03. The van der Waals surface area contributed by atoms with E-state index in [0.29, 0.717) is 74.7 Å². The number of hydrogen-bond acceptors (Lipinski definition) is 8. The summed E-state index contributed by atoms with van der Waals surface area (Å²) in [5, 5.41) is 6.60. The van der Waals surface area contributed by atoms with Crippen molar-refractivity contribution in [2.75, 3.05) is 30.0 Å². The number of nitrogens with one attached hydrogen (secondary N) is 2. The molecule has 2 aromatic heterocycles. The topological polar surface area (TPSA) is 148 Å². The molecule has 1 aliphatic heterocycles. The number of halogens is 2. The highest BCUT2D eigenvalue weighted by Crippen LogP contribution is 2.38. The Morgan fingerprint density at radius 2 is 1.84 bits per heavy atom. The molecule has 0 bridgehead atoms. The average Bonchev–Trinajstić information content (AvgIpc) is 3.23. The number of rotatable bonds is 7. The number of hydrogen-bond donors (Lipinski definition) is 3. The predicted octanol–water partition coefficient (Wildman–Crippen LogP) is 3.41. The number of aromatic nitrogens is 4. The number of primary amides is 1. The van der Waals surface area contributed by atoms with E-state index in [-0.39, 0.29) is 34.6 Å². The van der Waals surface area contributed by atoms with Gasteiger partial charge in [0.1, 0.15) is 11.3 Å². The zero-order chi connectivity index (χ0) is 27.0. The highest BCUT2D eigenvalue weighted by molar-refractivity contribution is 7.88. The summed E-state index contributed by atoms with van der Waals surface area (Å²) in [6, 6.07) is 4.40. The Morgan fingerprint density at radius 1 is 1.13 bits per heavy atom. The molecule has 1 saturated heterocycles. The van der Waals surface area contributed by atoms with Crippen LogP contribution in [0.2, 0.25) is 5.02 Å². The standard InChI is InChI=1S/C24H30ClFN8O3S/c1-38(36,37)33-11-9-15(10-12-33)29-23-28-13-19-22(32-23)34(16-7-5-14(6-8-16)21(27)35)24(30-19)31-20-17(25)3-2-4-18(20)26/h2-4,13-16H,5-12H2,1H3,(H2,27,35)(H,30,31)(H,28,29,32). The summed E-state index contributed by atoms with van der Waals surface area (Å²) in [4.78, 5) is 25.6. The third kappa shape index (κ3) is 5.54. The molecule has 4 N–H and O–H groups in total. The van der Waals surface area contributed by atoms with E-state index in [1.165, 1.54) is 22.7 Å². The smallest absolute Gasteiger partial charge is 0.224 e. The van der Waals surface area contributed by atoms with Crippen molar-refractivity contribution < 1.29 is 17.6 Å². The number of sulfonamides is 1. The van der Waals surface area contributed by atoms with Crippen LogP contribution in [0.1, 0.15) is 44.6 Å². The minimum atomic E-state index is -3.22. The van der Waals surface area contributed by atoms with E-state index in [4.69, 9.17) is 22.3 Å². The first-order valence-corrected chi connectivity index (χ1v) is 14.8. The van der Waals surface area contributed by atoms with Crippen LogP contribution < -0.4 is 16.4 Å². The minimum absolute atomic E-state index is 0.0163. The van der Waals surface area contributed by atoms with Gasteiger partial charge in [0.25, 0.3) is 0 Å². The van der Waals surface area contributed by atoms with Crippen molar-refractivity contribution in [3.8, 4) is 0 Å². The van der Waals surface area contributed by atoms with Crippen LogP contribution in [0.15, 0.2) is 24.4 Å². The largest absolute Gasteiger partial charge is 0.369 e. The van der Waals surface area contributed by atoms with Gasteiger partial charge in [-0.3, -0.25) is 9.36 Å². The maximum Gasteiger partial charge on any atom is 0.224 e. The second-order valence-electron chi connectivity index (χ2n) is 9.92. The SMILES string of the molecule is CS(=O)(=O)N1CCC(Nc2ncc3nc(Nc4c(F)cccc4Cl)n(C4CCC(C(N)=O)CC4)c3n2)CC1. The highest BCUT2D eigenvalue weighted by atomic mass is 35.5. The molecule has 2 aliphatic rings. The van der Waals surface area contributed by atoms with E-state index in [0.717, 1.165) is 0 Å². The third-order valence-electron chi connectivity index (χ3n) is 7.35. The van der Waals surface area contributed by atoms with Gasteiger partial charge in [0, 0.05) is 31.1 Å². The van der Waals surface area contributed by atoms with Crippen LogP contribution >= 0.6 is 11.6 Å². The first kappa shape index (κ1) is 26.6. The fourth-order valence-corrected chi connectivity index (χ4v) is 6.34. The zero-order valence-electron chi connectivity index (χ0n) is 20.9. The second kappa shape index (κ2) is 10.6. The number of anilines is 3. The van der Waals surface area contributed by atoms with Gasteiger partial charge in [0.05, 0.1) is 23.2 Å². The number of nitrogens with two attached hydrogens (primary N) is 1.